The lowest BCUT2D eigenvalue weighted by atomic mass is 10.3. The van der Waals surface area contributed by atoms with Gasteiger partial charge in [0.1, 0.15) is 5.78 Å². The van der Waals surface area contributed by atoms with Gasteiger partial charge < -0.3 is 10.0 Å². The number of nitrogens with zero attached hydrogens (tertiary/aromatic N) is 1. The average Bonchev–Trinajstić information content (AvgIpc) is 2.31. The quantitative estimate of drug-likeness (QED) is 0.628. The highest BCUT2D eigenvalue weighted by atomic mass is 16.3. The number of β-amino-alcohol motifs (C(OH)–C–C–N with tert-alkyl or cyclic N) is 1. The molecule has 0 saturated carbocycles. The maximum absolute atomic E-state index is 10.6. The van der Waals surface area contributed by atoms with E-state index < -0.39 is 0 Å². The molecule has 1 N–H and O–H groups in total. The molecule has 0 spiro atoms. The average molecular weight is 157 g/mol. The number of hydrogen-bond donors (Lipinski definition) is 1. The fourth-order valence-corrected chi connectivity index (χ4v) is 1.33. The van der Waals surface area contributed by atoms with Gasteiger partial charge in [0.2, 0.25) is 0 Å². The summed E-state index contributed by atoms with van der Waals surface area (Å²) in [6, 6.07) is 0. The maximum Gasteiger partial charge on any atom is 0.131 e. The van der Waals surface area contributed by atoms with Gasteiger partial charge in [-0.2, -0.15) is 0 Å². The Kier molecular flexibility index (Phi) is 3.02. The topological polar surface area (TPSA) is 40.5 Å². The first kappa shape index (κ1) is 8.68. The summed E-state index contributed by atoms with van der Waals surface area (Å²) >= 11 is 0. The van der Waals surface area contributed by atoms with Crippen molar-refractivity contribution in [1.29, 1.82) is 0 Å². The third kappa shape index (κ3) is 2.99. The Morgan fingerprint density at radius 1 is 1.73 bits per heavy atom. The zero-order valence-corrected chi connectivity index (χ0v) is 6.92. The number of Topliss-reactive ketones (excluding diaryl/α,β-unsaturated/α-hetero) is 1. The van der Waals surface area contributed by atoms with Gasteiger partial charge in [0, 0.05) is 26.1 Å². The predicted molar refractivity (Wildman–Crippen MR) is 42.4 cm³/mol. The van der Waals surface area contributed by atoms with Crippen molar-refractivity contribution in [2.24, 2.45) is 0 Å². The van der Waals surface area contributed by atoms with Crippen LogP contribution >= 0.6 is 0 Å². The molecule has 1 saturated heterocycles. The Labute approximate surface area is 67.0 Å². The summed E-state index contributed by atoms with van der Waals surface area (Å²) in [5, 5.41) is 9.14. The minimum Gasteiger partial charge on any atom is -0.392 e. The van der Waals surface area contributed by atoms with E-state index >= 15 is 0 Å². The predicted octanol–water partition coefficient (Wildman–Crippen LogP) is 0.0321. The Balaban J connectivity index is 2.13. The summed E-state index contributed by atoms with van der Waals surface area (Å²) in [5.41, 5.74) is 0. The standard InChI is InChI=1S/C8H15NO2/c1-7(10)2-4-9-5-3-8(11)6-9/h8,11H,2-6H2,1H3. The lowest BCUT2D eigenvalue weighted by molar-refractivity contribution is -0.117. The molecule has 1 aliphatic rings. The first-order valence-electron chi connectivity index (χ1n) is 4.08. The van der Waals surface area contributed by atoms with Crippen molar-refractivity contribution < 1.29 is 9.90 Å². The molecule has 11 heavy (non-hydrogen) atoms. The number of hydrogen-bond acceptors (Lipinski definition) is 3. The molecule has 3 nitrogen and oxygen atoms in total. The van der Waals surface area contributed by atoms with Gasteiger partial charge in [-0.25, -0.2) is 0 Å². The van der Waals surface area contributed by atoms with Gasteiger partial charge in [0.05, 0.1) is 6.10 Å². The van der Waals surface area contributed by atoms with Crippen molar-refractivity contribution in [3.63, 3.8) is 0 Å². The van der Waals surface area contributed by atoms with E-state index in [1.165, 1.54) is 0 Å². The second-order valence-electron chi connectivity index (χ2n) is 3.20. The van der Waals surface area contributed by atoms with Crippen molar-refractivity contribution in [2.75, 3.05) is 19.6 Å². The highest BCUT2D eigenvalue weighted by molar-refractivity contribution is 5.75. The molecular weight excluding hydrogens is 142 g/mol. The summed E-state index contributed by atoms with van der Waals surface area (Å²) in [7, 11) is 0. The van der Waals surface area contributed by atoms with E-state index in [9.17, 15) is 4.79 Å². The summed E-state index contributed by atoms with van der Waals surface area (Å²) in [5.74, 6) is 0.228. The van der Waals surface area contributed by atoms with Gasteiger partial charge in [0.25, 0.3) is 0 Å². The Morgan fingerprint density at radius 2 is 2.45 bits per heavy atom. The highest BCUT2D eigenvalue weighted by Crippen LogP contribution is 2.08. The van der Waals surface area contributed by atoms with Gasteiger partial charge in [0.15, 0.2) is 0 Å². The van der Waals surface area contributed by atoms with Crippen LogP contribution in [0.25, 0.3) is 0 Å². The lowest BCUT2D eigenvalue weighted by Crippen LogP contribution is -2.24. The number of carbonyl (C=O) groups is 1. The summed E-state index contributed by atoms with van der Waals surface area (Å²) < 4.78 is 0. The normalized spacial score (nSPS) is 25.8. The molecule has 3 heteroatoms. The molecule has 0 bridgehead atoms. The SMILES string of the molecule is CC(=O)CCN1CCC(O)C1. The minimum atomic E-state index is -0.165. The van der Waals surface area contributed by atoms with Gasteiger partial charge in [-0.3, -0.25) is 4.79 Å². The number of likely N-dealkylation sites (tertiary alicyclic amines) is 1. The minimum absolute atomic E-state index is 0.165. The first-order valence-corrected chi connectivity index (χ1v) is 4.08. The number of ketones is 1. The zero-order chi connectivity index (χ0) is 8.27. The van der Waals surface area contributed by atoms with Crippen LogP contribution in [0.1, 0.15) is 19.8 Å². The molecule has 1 heterocycles. The largest absolute Gasteiger partial charge is 0.392 e. The number of carbonyl (C=O) groups excluding carboxylic acids is 1. The molecule has 0 amide bonds. The fourth-order valence-electron chi connectivity index (χ4n) is 1.33. The molecule has 1 atom stereocenters. The van der Waals surface area contributed by atoms with Crippen LogP contribution in [0.4, 0.5) is 0 Å². The van der Waals surface area contributed by atoms with Crippen molar-refractivity contribution in [3.05, 3.63) is 0 Å². The van der Waals surface area contributed by atoms with Crippen molar-refractivity contribution in [3.8, 4) is 0 Å². The third-order valence-corrected chi connectivity index (χ3v) is 2.03. The van der Waals surface area contributed by atoms with Gasteiger partial charge in [-0.15, -0.1) is 0 Å². The van der Waals surface area contributed by atoms with E-state index in [4.69, 9.17) is 5.11 Å². The fraction of sp³-hybridized carbons (Fsp3) is 0.875. The van der Waals surface area contributed by atoms with Gasteiger partial charge in [-0.1, -0.05) is 0 Å². The van der Waals surface area contributed by atoms with Crippen LogP contribution in [0.15, 0.2) is 0 Å². The van der Waals surface area contributed by atoms with Gasteiger partial charge >= 0.3 is 0 Å². The van der Waals surface area contributed by atoms with E-state index in [1.807, 2.05) is 0 Å². The monoisotopic (exact) mass is 157 g/mol. The van der Waals surface area contributed by atoms with E-state index in [2.05, 4.69) is 4.90 Å². The Hall–Kier alpha value is -0.410. The maximum atomic E-state index is 10.6. The second kappa shape index (κ2) is 3.83. The second-order valence-corrected chi connectivity index (χ2v) is 3.20. The molecule has 0 aromatic rings. The lowest BCUT2D eigenvalue weighted by Gasteiger charge is -2.12. The molecule has 0 aliphatic carbocycles. The van der Waals surface area contributed by atoms with Crippen LogP contribution in [0.5, 0.6) is 0 Å². The van der Waals surface area contributed by atoms with Crippen LogP contribution in [-0.2, 0) is 4.79 Å². The van der Waals surface area contributed by atoms with E-state index in [0.717, 1.165) is 26.1 Å². The van der Waals surface area contributed by atoms with E-state index in [0.29, 0.717) is 6.42 Å². The molecule has 0 radical (unpaired) electrons. The van der Waals surface area contributed by atoms with E-state index in [-0.39, 0.29) is 11.9 Å². The summed E-state index contributed by atoms with van der Waals surface area (Å²) in [6.45, 7) is 4.10. The van der Waals surface area contributed by atoms with Crippen LogP contribution in [0, 0.1) is 0 Å². The molecule has 1 fully saturated rings. The molecule has 1 aliphatic heterocycles. The molecular formula is C8H15NO2. The zero-order valence-electron chi connectivity index (χ0n) is 6.92. The van der Waals surface area contributed by atoms with Crippen LogP contribution in [0.3, 0.4) is 0 Å². The van der Waals surface area contributed by atoms with Crippen molar-refractivity contribution in [1.82, 2.24) is 4.90 Å². The van der Waals surface area contributed by atoms with Crippen LogP contribution in [-0.4, -0.2) is 41.5 Å². The molecule has 0 aromatic carbocycles. The molecule has 0 aromatic heterocycles. The number of rotatable bonds is 3. The first-order chi connectivity index (χ1) is 5.18. The summed E-state index contributed by atoms with van der Waals surface area (Å²) in [6.07, 6.45) is 1.31. The van der Waals surface area contributed by atoms with Crippen molar-refractivity contribution >= 4 is 5.78 Å². The molecule has 1 unspecified atom stereocenters. The van der Waals surface area contributed by atoms with Crippen molar-refractivity contribution in [2.45, 2.75) is 25.9 Å². The Morgan fingerprint density at radius 3 is 2.91 bits per heavy atom. The summed E-state index contributed by atoms with van der Waals surface area (Å²) in [4.78, 5) is 12.7. The number of aliphatic hydroxyl groups excluding tert-OH is 1. The van der Waals surface area contributed by atoms with Crippen LogP contribution < -0.4 is 0 Å². The smallest absolute Gasteiger partial charge is 0.131 e. The molecule has 1 rings (SSSR count). The highest BCUT2D eigenvalue weighted by Gasteiger charge is 2.19. The van der Waals surface area contributed by atoms with Gasteiger partial charge in [-0.05, 0) is 13.3 Å². The third-order valence-electron chi connectivity index (χ3n) is 2.03. The van der Waals surface area contributed by atoms with E-state index in [1.54, 1.807) is 6.92 Å². The molecule has 64 valence electrons. The Bertz CT molecular complexity index is 147. The van der Waals surface area contributed by atoms with Crippen LogP contribution in [0.2, 0.25) is 0 Å². The number of aliphatic hydroxyl groups is 1.